The lowest BCUT2D eigenvalue weighted by Gasteiger charge is -2.20. The summed E-state index contributed by atoms with van der Waals surface area (Å²) in [5.41, 5.74) is 1.99. The molecule has 0 aliphatic heterocycles. The fourth-order valence-corrected chi connectivity index (χ4v) is 3.83. The van der Waals surface area contributed by atoms with Gasteiger partial charge in [0.25, 0.3) is 0 Å². The van der Waals surface area contributed by atoms with Gasteiger partial charge in [0, 0.05) is 4.88 Å². The van der Waals surface area contributed by atoms with Gasteiger partial charge in [0.2, 0.25) is 11.7 Å². The number of alkyl halides is 3. The summed E-state index contributed by atoms with van der Waals surface area (Å²) in [5, 5.41) is 4.91. The van der Waals surface area contributed by atoms with Crippen LogP contribution < -0.4 is 5.32 Å². The topological polar surface area (TPSA) is 57.8 Å². The van der Waals surface area contributed by atoms with Crippen LogP contribution in [0.1, 0.15) is 27.9 Å². The fraction of sp³-hybridized carbons (Fsp3) is 0.143. The number of carbonyl (C=O) groups is 1. The van der Waals surface area contributed by atoms with Crippen LogP contribution >= 0.6 is 11.3 Å². The second-order valence-corrected chi connectivity index (χ2v) is 7.56. The highest BCUT2D eigenvalue weighted by atomic mass is 32.1. The van der Waals surface area contributed by atoms with E-state index in [1.54, 1.807) is 12.1 Å². The van der Waals surface area contributed by atoms with E-state index in [4.69, 9.17) is 0 Å². The van der Waals surface area contributed by atoms with Crippen LogP contribution in [0.25, 0.3) is 11.0 Å². The zero-order chi connectivity index (χ0) is 20.4. The normalized spacial score (nSPS) is 12.8. The van der Waals surface area contributed by atoms with Gasteiger partial charge in [-0.2, -0.15) is 13.2 Å². The minimum Gasteiger partial charge on any atom is -0.345 e. The third-order valence-corrected chi connectivity index (χ3v) is 5.34. The Labute approximate surface area is 168 Å². The average Bonchev–Trinajstić information content (AvgIpc) is 3.35. The van der Waals surface area contributed by atoms with Crippen LogP contribution in [0, 0.1) is 0 Å². The Hall–Kier alpha value is -3.13. The van der Waals surface area contributed by atoms with Gasteiger partial charge in [-0.1, -0.05) is 42.5 Å². The van der Waals surface area contributed by atoms with Gasteiger partial charge < -0.3 is 10.3 Å². The van der Waals surface area contributed by atoms with Crippen LogP contribution in [0.5, 0.6) is 0 Å². The summed E-state index contributed by atoms with van der Waals surface area (Å²) >= 11 is 1.50. The third kappa shape index (κ3) is 4.32. The molecule has 1 amide bonds. The predicted molar refractivity (Wildman–Crippen MR) is 106 cm³/mol. The highest BCUT2D eigenvalue weighted by Crippen LogP contribution is 2.30. The maximum atomic E-state index is 13.0. The Morgan fingerprint density at radius 2 is 1.86 bits per heavy atom. The molecule has 2 N–H and O–H groups in total. The smallest absolute Gasteiger partial charge is 0.345 e. The van der Waals surface area contributed by atoms with Crippen LogP contribution in [-0.2, 0) is 17.4 Å². The summed E-state index contributed by atoms with van der Waals surface area (Å²) < 4.78 is 38.9. The fourth-order valence-electron chi connectivity index (χ4n) is 3.13. The summed E-state index contributed by atoms with van der Waals surface area (Å²) in [4.78, 5) is 19.5. The summed E-state index contributed by atoms with van der Waals surface area (Å²) in [5.74, 6) is -1.20. The first-order chi connectivity index (χ1) is 13.9. The standard InChI is InChI=1S/C21H16F3N3OS/c22-21(23,24)20-25-16-9-8-14(11-17(16)26-20)19(13-5-2-1-3-6-13)27-18(28)12-15-7-4-10-29-15/h1-11,19H,12H2,(H,25,26)(H,27,28)/t19-/m0/s1. The van der Waals surface area contributed by atoms with Crippen molar-refractivity contribution in [2.75, 3.05) is 0 Å². The zero-order valence-corrected chi connectivity index (χ0v) is 15.8. The van der Waals surface area contributed by atoms with Crippen molar-refractivity contribution < 1.29 is 18.0 Å². The highest BCUT2D eigenvalue weighted by Gasteiger charge is 2.34. The van der Waals surface area contributed by atoms with E-state index >= 15 is 0 Å². The number of hydrogen-bond acceptors (Lipinski definition) is 3. The number of halogens is 3. The minimum atomic E-state index is -4.55. The van der Waals surface area contributed by atoms with E-state index in [0.717, 1.165) is 10.4 Å². The van der Waals surface area contributed by atoms with Crippen molar-refractivity contribution in [3.05, 3.63) is 87.9 Å². The molecule has 1 atom stereocenters. The molecule has 4 nitrogen and oxygen atoms in total. The van der Waals surface area contributed by atoms with E-state index in [9.17, 15) is 18.0 Å². The molecule has 0 aliphatic rings. The number of nitrogens with one attached hydrogen (secondary N) is 2. The number of carbonyl (C=O) groups excluding carboxylic acids is 1. The molecule has 0 spiro atoms. The number of thiophene rings is 1. The van der Waals surface area contributed by atoms with E-state index in [-0.39, 0.29) is 23.4 Å². The molecule has 148 valence electrons. The highest BCUT2D eigenvalue weighted by molar-refractivity contribution is 7.10. The SMILES string of the molecule is O=C(Cc1cccs1)N[C@@H](c1ccccc1)c1ccc2nc(C(F)(F)F)[nH]c2c1. The first-order valence-corrected chi connectivity index (χ1v) is 9.71. The molecule has 0 unspecified atom stereocenters. The van der Waals surface area contributed by atoms with Gasteiger partial charge in [0.15, 0.2) is 0 Å². The van der Waals surface area contributed by atoms with E-state index in [1.165, 1.54) is 17.4 Å². The number of hydrogen-bond donors (Lipinski definition) is 2. The van der Waals surface area contributed by atoms with Gasteiger partial charge in [-0.3, -0.25) is 4.79 Å². The quantitative estimate of drug-likeness (QED) is 0.477. The molecular weight excluding hydrogens is 399 g/mol. The molecule has 2 heterocycles. The zero-order valence-electron chi connectivity index (χ0n) is 15.0. The number of aromatic nitrogens is 2. The van der Waals surface area contributed by atoms with Gasteiger partial charge in [-0.15, -0.1) is 11.3 Å². The number of amides is 1. The number of rotatable bonds is 5. The lowest BCUT2D eigenvalue weighted by atomic mass is 9.98. The molecule has 0 saturated heterocycles. The lowest BCUT2D eigenvalue weighted by molar-refractivity contribution is -0.144. The van der Waals surface area contributed by atoms with Gasteiger partial charge in [0.05, 0.1) is 23.5 Å². The van der Waals surface area contributed by atoms with E-state index in [0.29, 0.717) is 5.56 Å². The van der Waals surface area contributed by atoms with Crippen LogP contribution in [0.3, 0.4) is 0 Å². The van der Waals surface area contributed by atoms with E-state index < -0.39 is 18.0 Å². The molecule has 8 heteroatoms. The second-order valence-electron chi connectivity index (χ2n) is 6.53. The van der Waals surface area contributed by atoms with Gasteiger partial charge in [-0.25, -0.2) is 4.98 Å². The molecule has 2 aromatic carbocycles. The first kappa shape index (κ1) is 19.2. The molecule has 0 radical (unpaired) electrons. The second kappa shape index (κ2) is 7.71. The van der Waals surface area contributed by atoms with Crippen molar-refractivity contribution in [1.29, 1.82) is 0 Å². The van der Waals surface area contributed by atoms with Crippen molar-refractivity contribution in [3.63, 3.8) is 0 Å². The molecule has 0 saturated carbocycles. The van der Waals surface area contributed by atoms with Crippen molar-refractivity contribution in [3.8, 4) is 0 Å². The Kier molecular flexibility index (Phi) is 5.10. The van der Waals surface area contributed by atoms with Crippen LogP contribution in [0.2, 0.25) is 0 Å². The summed E-state index contributed by atoms with van der Waals surface area (Å²) in [6, 6.07) is 17.4. The maximum Gasteiger partial charge on any atom is 0.449 e. The maximum absolute atomic E-state index is 13.0. The van der Waals surface area contributed by atoms with Gasteiger partial charge >= 0.3 is 6.18 Å². The Morgan fingerprint density at radius 3 is 2.55 bits per heavy atom. The number of nitrogens with zero attached hydrogens (tertiary/aromatic N) is 1. The average molecular weight is 415 g/mol. The van der Waals surface area contributed by atoms with Crippen LogP contribution in [0.15, 0.2) is 66.0 Å². The number of H-pyrrole nitrogens is 1. The number of aromatic amines is 1. The van der Waals surface area contributed by atoms with Gasteiger partial charge in [-0.05, 0) is 34.7 Å². The van der Waals surface area contributed by atoms with E-state index in [1.807, 2.05) is 47.8 Å². The van der Waals surface area contributed by atoms with Crippen molar-refractivity contribution >= 4 is 28.3 Å². The number of benzene rings is 2. The van der Waals surface area contributed by atoms with Crippen molar-refractivity contribution in [2.24, 2.45) is 0 Å². The lowest BCUT2D eigenvalue weighted by Crippen LogP contribution is -2.30. The van der Waals surface area contributed by atoms with Gasteiger partial charge in [0.1, 0.15) is 0 Å². The summed E-state index contributed by atoms with van der Waals surface area (Å²) in [7, 11) is 0. The molecule has 0 aliphatic carbocycles. The van der Waals surface area contributed by atoms with Crippen molar-refractivity contribution in [2.45, 2.75) is 18.6 Å². The molecule has 29 heavy (non-hydrogen) atoms. The minimum absolute atomic E-state index is 0.165. The molecule has 0 bridgehead atoms. The molecule has 4 rings (SSSR count). The third-order valence-electron chi connectivity index (χ3n) is 4.46. The monoisotopic (exact) mass is 415 g/mol. The van der Waals surface area contributed by atoms with Crippen LogP contribution in [0.4, 0.5) is 13.2 Å². The number of fused-ring (bicyclic) bond motifs is 1. The molecule has 0 fully saturated rings. The largest absolute Gasteiger partial charge is 0.449 e. The molecular formula is C21H16F3N3OS. The van der Waals surface area contributed by atoms with E-state index in [2.05, 4.69) is 15.3 Å². The Bertz CT molecular complexity index is 1120. The van der Waals surface area contributed by atoms with Crippen molar-refractivity contribution in [1.82, 2.24) is 15.3 Å². The van der Waals surface area contributed by atoms with Crippen LogP contribution in [-0.4, -0.2) is 15.9 Å². The Balaban J connectivity index is 1.68. The Morgan fingerprint density at radius 1 is 1.07 bits per heavy atom. The predicted octanol–water partition coefficient (Wildman–Crippen LogP) is 5.09. The summed E-state index contributed by atoms with van der Waals surface area (Å²) in [6.45, 7) is 0. The first-order valence-electron chi connectivity index (χ1n) is 8.84. The summed E-state index contributed by atoms with van der Waals surface area (Å²) in [6.07, 6.45) is -4.31. The molecule has 4 aromatic rings. The molecule has 2 aromatic heterocycles. The number of imidazole rings is 1.